The van der Waals surface area contributed by atoms with Crippen molar-refractivity contribution in [2.75, 3.05) is 6.61 Å². The fourth-order valence-corrected chi connectivity index (χ4v) is 3.13. The predicted molar refractivity (Wildman–Crippen MR) is 88.4 cm³/mol. The Labute approximate surface area is 132 Å². The lowest BCUT2D eigenvalue weighted by atomic mass is 10.1. The Morgan fingerprint density at radius 2 is 1.76 bits per heavy atom. The largest absolute Gasteiger partial charge is 0.395 e. The van der Waals surface area contributed by atoms with Crippen LogP contribution in [0.15, 0.2) is 6.07 Å². The minimum absolute atomic E-state index is 0.230. The summed E-state index contributed by atoms with van der Waals surface area (Å²) in [7, 11) is 0. The standard InChI is InChI=1S/C16H30N2O2S/c1-2-3-4-5-6-7-8-9-10-13-11-15(18-21-13)16(20)14(17)12-19/h11,14,16,19-20H,2-10,12,17H2,1H3. The van der Waals surface area contributed by atoms with Gasteiger partial charge in [0.15, 0.2) is 0 Å². The molecule has 1 aromatic heterocycles. The van der Waals surface area contributed by atoms with Gasteiger partial charge >= 0.3 is 0 Å². The number of aliphatic hydroxyl groups excluding tert-OH is 2. The molecule has 0 amide bonds. The lowest BCUT2D eigenvalue weighted by molar-refractivity contribution is 0.107. The van der Waals surface area contributed by atoms with E-state index >= 15 is 0 Å². The van der Waals surface area contributed by atoms with Gasteiger partial charge in [0.1, 0.15) is 6.10 Å². The van der Waals surface area contributed by atoms with E-state index in [1.165, 1.54) is 67.8 Å². The van der Waals surface area contributed by atoms with Gasteiger partial charge in [-0.25, -0.2) is 0 Å². The van der Waals surface area contributed by atoms with E-state index in [4.69, 9.17) is 10.8 Å². The third-order valence-electron chi connectivity index (χ3n) is 3.77. The number of hydrogen-bond acceptors (Lipinski definition) is 5. The molecule has 2 atom stereocenters. The Balaban J connectivity index is 2.14. The first-order chi connectivity index (χ1) is 10.2. The van der Waals surface area contributed by atoms with E-state index in [1.807, 2.05) is 6.07 Å². The molecule has 1 rings (SSSR count). The lowest BCUT2D eigenvalue weighted by Gasteiger charge is -2.13. The Kier molecular flexibility index (Phi) is 9.83. The second kappa shape index (κ2) is 11.1. The van der Waals surface area contributed by atoms with E-state index < -0.39 is 12.1 Å². The molecule has 2 unspecified atom stereocenters. The smallest absolute Gasteiger partial charge is 0.114 e. The van der Waals surface area contributed by atoms with Gasteiger partial charge in [-0.2, -0.15) is 4.37 Å². The zero-order valence-corrected chi connectivity index (χ0v) is 13.9. The predicted octanol–water partition coefficient (Wildman–Crippen LogP) is 3.18. The third kappa shape index (κ3) is 7.36. The van der Waals surface area contributed by atoms with E-state index in [2.05, 4.69) is 11.3 Å². The van der Waals surface area contributed by atoms with Crippen LogP contribution in [0.3, 0.4) is 0 Å². The molecule has 21 heavy (non-hydrogen) atoms. The number of nitrogens with two attached hydrogens (primary N) is 1. The molecule has 122 valence electrons. The molecule has 0 bridgehead atoms. The first-order valence-electron chi connectivity index (χ1n) is 8.19. The van der Waals surface area contributed by atoms with Crippen molar-refractivity contribution in [2.45, 2.75) is 76.9 Å². The zero-order valence-electron chi connectivity index (χ0n) is 13.1. The van der Waals surface area contributed by atoms with Crippen molar-refractivity contribution < 1.29 is 10.2 Å². The van der Waals surface area contributed by atoms with Crippen LogP contribution in [0.25, 0.3) is 0 Å². The van der Waals surface area contributed by atoms with E-state index in [9.17, 15) is 5.11 Å². The van der Waals surface area contributed by atoms with Crippen LogP contribution in [0.5, 0.6) is 0 Å². The minimum atomic E-state index is -0.862. The molecule has 5 heteroatoms. The summed E-state index contributed by atoms with van der Waals surface area (Å²) in [5, 5.41) is 18.8. The van der Waals surface area contributed by atoms with Gasteiger partial charge in [0.2, 0.25) is 0 Å². The number of aryl methyl sites for hydroxylation is 1. The molecular weight excluding hydrogens is 284 g/mol. The highest BCUT2D eigenvalue weighted by atomic mass is 32.1. The summed E-state index contributed by atoms with van der Waals surface area (Å²) < 4.78 is 4.23. The van der Waals surface area contributed by atoms with Gasteiger partial charge < -0.3 is 15.9 Å². The maximum atomic E-state index is 9.87. The molecule has 0 aliphatic rings. The number of unbranched alkanes of at least 4 members (excludes halogenated alkanes) is 7. The number of hydrogen-bond donors (Lipinski definition) is 3. The van der Waals surface area contributed by atoms with Gasteiger partial charge in [-0.15, -0.1) is 0 Å². The van der Waals surface area contributed by atoms with Crippen LogP contribution < -0.4 is 5.73 Å². The molecule has 0 aromatic carbocycles. The van der Waals surface area contributed by atoms with Gasteiger partial charge in [-0.05, 0) is 30.4 Å². The number of nitrogens with zero attached hydrogens (tertiary/aromatic N) is 1. The SMILES string of the molecule is CCCCCCCCCCc1cc(C(O)C(N)CO)ns1. The second-order valence-electron chi connectivity index (χ2n) is 5.73. The van der Waals surface area contributed by atoms with Gasteiger partial charge in [-0.3, -0.25) is 0 Å². The summed E-state index contributed by atoms with van der Waals surface area (Å²) in [4.78, 5) is 1.19. The van der Waals surface area contributed by atoms with Crippen molar-refractivity contribution in [3.05, 3.63) is 16.6 Å². The van der Waals surface area contributed by atoms with E-state index in [1.54, 1.807) is 0 Å². The molecule has 0 aliphatic heterocycles. The summed E-state index contributed by atoms with van der Waals surface area (Å²) >= 11 is 1.43. The monoisotopic (exact) mass is 314 g/mol. The fraction of sp³-hybridized carbons (Fsp3) is 0.812. The van der Waals surface area contributed by atoms with Crippen molar-refractivity contribution >= 4 is 11.5 Å². The molecular formula is C16H30N2O2S. The number of rotatable bonds is 12. The minimum Gasteiger partial charge on any atom is -0.395 e. The second-order valence-corrected chi connectivity index (χ2v) is 6.62. The van der Waals surface area contributed by atoms with Crippen molar-refractivity contribution in [1.29, 1.82) is 0 Å². The molecule has 4 N–H and O–H groups in total. The van der Waals surface area contributed by atoms with E-state index in [-0.39, 0.29) is 6.61 Å². The van der Waals surface area contributed by atoms with Crippen LogP contribution in [0.2, 0.25) is 0 Å². The van der Waals surface area contributed by atoms with Crippen LogP contribution in [0.1, 0.15) is 75.0 Å². The molecule has 1 heterocycles. The molecule has 4 nitrogen and oxygen atoms in total. The molecule has 0 saturated heterocycles. The van der Waals surface area contributed by atoms with Crippen molar-refractivity contribution in [3.63, 3.8) is 0 Å². The van der Waals surface area contributed by atoms with Crippen LogP contribution in [-0.4, -0.2) is 27.2 Å². The lowest BCUT2D eigenvalue weighted by Crippen LogP contribution is -2.32. The summed E-state index contributed by atoms with van der Waals surface area (Å²) in [6.07, 6.45) is 10.7. The number of aromatic nitrogens is 1. The normalized spacial score (nSPS) is 14.3. The maximum Gasteiger partial charge on any atom is 0.114 e. The maximum absolute atomic E-state index is 9.87. The average Bonchev–Trinajstić information content (AvgIpc) is 2.97. The summed E-state index contributed by atoms with van der Waals surface area (Å²) in [6.45, 7) is 2.01. The molecule has 0 fully saturated rings. The molecule has 0 spiro atoms. The summed E-state index contributed by atoms with van der Waals surface area (Å²) in [6, 6.07) is 1.27. The van der Waals surface area contributed by atoms with Crippen molar-refractivity contribution in [2.24, 2.45) is 5.73 Å². The van der Waals surface area contributed by atoms with Crippen LogP contribution in [-0.2, 0) is 6.42 Å². The Bertz CT molecular complexity index is 371. The van der Waals surface area contributed by atoms with Gasteiger partial charge in [0.25, 0.3) is 0 Å². The first kappa shape index (κ1) is 18.6. The molecule has 1 aromatic rings. The summed E-state index contributed by atoms with van der Waals surface area (Å²) in [5.74, 6) is 0. The topological polar surface area (TPSA) is 79.4 Å². The quantitative estimate of drug-likeness (QED) is 0.518. The average molecular weight is 314 g/mol. The highest BCUT2D eigenvalue weighted by Crippen LogP contribution is 2.21. The fourth-order valence-electron chi connectivity index (χ4n) is 2.34. The Morgan fingerprint density at radius 1 is 1.14 bits per heavy atom. The van der Waals surface area contributed by atoms with Gasteiger partial charge in [0, 0.05) is 4.88 Å². The third-order valence-corrected chi connectivity index (χ3v) is 4.63. The highest BCUT2D eigenvalue weighted by Gasteiger charge is 2.18. The molecule has 0 aliphatic carbocycles. The van der Waals surface area contributed by atoms with Gasteiger partial charge in [0.05, 0.1) is 18.3 Å². The zero-order chi connectivity index (χ0) is 15.5. The van der Waals surface area contributed by atoms with Crippen LogP contribution in [0, 0.1) is 0 Å². The summed E-state index contributed by atoms with van der Waals surface area (Å²) in [5.41, 5.74) is 6.21. The van der Waals surface area contributed by atoms with Crippen LogP contribution in [0.4, 0.5) is 0 Å². The molecule has 0 radical (unpaired) electrons. The van der Waals surface area contributed by atoms with E-state index in [0.717, 1.165) is 6.42 Å². The van der Waals surface area contributed by atoms with Crippen molar-refractivity contribution in [3.8, 4) is 0 Å². The Hall–Kier alpha value is -0.490. The Morgan fingerprint density at radius 3 is 2.38 bits per heavy atom. The first-order valence-corrected chi connectivity index (χ1v) is 8.96. The van der Waals surface area contributed by atoms with Crippen molar-refractivity contribution in [1.82, 2.24) is 4.37 Å². The molecule has 0 saturated carbocycles. The van der Waals surface area contributed by atoms with Crippen LogP contribution >= 0.6 is 11.5 Å². The number of aliphatic hydroxyl groups is 2. The van der Waals surface area contributed by atoms with E-state index in [0.29, 0.717) is 5.69 Å². The highest BCUT2D eigenvalue weighted by molar-refractivity contribution is 7.05. The van der Waals surface area contributed by atoms with Gasteiger partial charge in [-0.1, -0.05) is 51.9 Å².